The van der Waals surface area contributed by atoms with Crippen LogP contribution in [0.2, 0.25) is 0 Å². The average Bonchev–Trinajstić information content (AvgIpc) is 2.72. The zero-order valence-electron chi connectivity index (χ0n) is 10.4. The molecule has 1 N–H and O–H groups in total. The van der Waals surface area contributed by atoms with Crippen molar-refractivity contribution in [1.29, 1.82) is 0 Å². The van der Waals surface area contributed by atoms with E-state index in [2.05, 4.69) is 5.10 Å². The Morgan fingerprint density at radius 1 is 1.59 bits per heavy atom. The standard InChI is InChI=1S/C12H20N2O3/c1-14-12(16-2)8-10(13-14)11(15)7-9-3-5-17-6-4-9/h8-9,11,15H,3-7H2,1-2H3. The Hall–Kier alpha value is -1.07. The van der Waals surface area contributed by atoms with E-state index in [4.69, 9.17) is 9.47 Å². The van der Waals surface area contributed by atoms with Gasteiger partial charge in [0, 0.05) is 26.3 Å². The van der Waals surface area contributed by atoms with Crippen LogP contribution in [0.15, 0.2) is 6.07 Å². The van der Waals surface area contributed by atoms with Crippen LogP contribution < -0.4 is 4.74 Å². The third-order valence-electron chi connectivity index (χ3n) is 3.30. The van der Waals surface area contributed by atoms with Crippen LogP contribution >= 0.6 is 0 Å². The molecule has 1 aromatic heterocycles. The maximum atomic E-state index is 10.1. The van der Waals surface area contributed by atoms with Crippen LogP contribution in [0.1, 0.15) is 31.1 Å². The van der Waals surface area contributed by atoms with Crippen molar-refractivity contribution in [3.05, 3.63) is 11.8 Å². The van der Waals surface area contributed by atoms with E-state index in [1.165, 1.54) is 0 Å². The maximum absolute atomic E-state index is 10.1. The quantitative estimate of drug-likeness (QED) is 0.861. The summed E-state index contributed by atoms with van der Waals surface area (Å²) in [7, 11) is 3.41. The maximum Gasteiger partial charge on any atom is 0.211 e. The van der Waals surface area contributed by atoms with E-state index in [9.17, 15) is 5.11 Å². The molecule has 0 spiro atoms. The Balaban J connectivity index is 1.95. The number of rotatable bonds is 4. The van der Waals surface area contributed by atoms with Crippen LogP contribution in [0.4, 0.5) is 0 Å². The summed E-state index contributed by atoms with van der Waals surface area (Å²) in [4.78, 5) is 0. The van der Waals surface area contributed by atoms with Crippen molar-refractivity contribution in [3.63, 3.8) is 0 Å². The number of hydrogen-bond acceptors (Lipinski definition) is 4. The van der Waals surface area contributed by atoms with Gasteiger partial charge >= 0.3 is 0 Å². The summed E-state index contributed by atoms with van der Waals surface area (Å²) in [5.41, 5.74) is 0.691. The summed E-state index contributed by atoms with van der Waals surface area (Å²) in [5.74, 6) is 1.21. The first-order valence-corrected chi connectivity index (χ1v) is 6.04. The first-order valence-electron chi connectivity index (χ1n) is 6.04. The Labute approximate surface area is 101 Å². The van der Waals surface area contributed by atoms with Crippen LogP contribution in [0.25, 0.3) is 0 Å². The Bertz CT molecular complexity index is 359. The summed E-state index contributed by atoms with van der Waals surface area (Å²) in [5, 5.41) is 14.4. The van der Waals surface area contributed by atoms with Crippen molar-refractivity contribution in [1.82, 2.24) is 9.78 Å². The number of aliphatic hydroxyl groups is 1. The number of ether oxygens (including phenoxy) is 2. The van der Waals surface area contributed by atoms with Crippen molar-refractivity contribution in [2.75, 3.05) is 20.3 Å². The molecule has 2 heterocycles. The molecule has 0 bridgehead atoms. The van der Waals surface area contributed by atoms with Crippen LogP contribution in [0.5, 0.6) is 5.88 Å². The SMILES string of the molecule is COc1cc(C(O)CC2CCOCC2)nn1C. The van der Waals surface area contributed by atoms with Crippen molar-refractivity contribution in [2.24, 2.45) is 13.0 Å². The summed E-state index contributed by atoms with van der Waals surface area (Å²) < 4.78 is 12.1. The predicted octanol–water partition coefficient (Wildman–Crippen LogP) is 1.28. The molecule has 1 aromatic rings. The minimum Gasteiger partial charge on any atom is -0.481 e. The molecule has 1 aliphatic rings. The van der Waals surface area contributed by atoms with Gasteiger partial charge in [-0.05, 0) is 25.2 Å². The third kappa shape index (κ3) is 2.98. The van der Waals surface area contributed by atoms with Gasteiger partial charge in [0.05, 0.1) is 18.9 Å². The molecule has 5 heteroatoms. The van der Waals surface area contributed by atoms with Crippen LogP contribution in [0, 0.1) is 5.92 Å². The minimum atomic E-state index is -0.506. The summed E-state index contributed by atoms with van der Waals surface area (Å²) >= 11 is 0. The van der Waals surface area contributed by atoms with Crippen LogP contribution in [-0.4, -0.2) is 35.2 Å². The molecule has 1 fully saturated rings. The van der Waals surface area contributed by atoms with Gasteiger partial charge < -0.3 is 14.6 Å². The van der Waals surface area contributed by atoms with Gasteiger partial charge in [0.2, 0.25) is 5.88 Å². The highest BCUT2D eigenvalue weighted by atomic mass is 16.5. The molecule has 5 nitrogen and oxygen atoms in total. The lowest BCUT2D eigenvalue weighted by molar-refractivity contribution is 0.0426. The largest absolute Gasteiger partial charge is 0.481 e. The molecule has 0 aromatic carbocycles. The fourth-order valence-electron chi connectivity index (χ4n) is 2.24. The molecule has 1 saturated heterocycles. The van der Waals surface area contributed by atoms with E-state index in [0.717, 1.165) is 32.5 Å². The molecule has 17 heavy (non-hydrogen) atoms. The van der Waals surface area contributed by atoms with Gasteiger partial charge in [0.1, 0.15) is 0 Å². The molecule has 1 aliphatic heterocycles. The molecule has 0 aliphatic carbocycles. The molecule has 96 valence electrons. The number of aromatic nitrogens is 2. The van der Waals surface area contributed by atoms with Crippen LogP contribution in [0.3, 0.4) is 0 Å². The molecular weight excluding hydrogens is 220 g/mol. The van der Waals surface area contributed by atoms with E-state index in [1.807, 2.05) is 7.05 Å². The molecule has 0 radical (unpaired) electrons. The zero-order valence-corrected chi connectivity index (χ0v) is 10.4. The first-order chi connectivity index (χ1) is 8.20. The summed E-state index contributed by atoms with van der Waals surface area (Å²) in [6.45, 7) is 1.62. The molecule has 2 rings (SSSR count). The van der Waals surface area contributed by atoms with E-state index in [-0.39, 0.29) is 0 Å². The van der Waals surface area contributed by atoms with Crippen molar-refractivity contribution in [3.8, 4) is 5.88 Å². The summed E-state index contributed by atoms with van der Waals surface area (Å²) in [6.07, 6.45) is 2.30. The van der Waals surface area contributed by atoms with E-state index < -0.39 is 6.10 Å². The fraction of sp³-hybridized carbons (Fsp3) is 0.750. The van der Waals surface area contributed by atoms with Gasteiger partial charge in [0.15, 0.2) is 0 Å². The second-order valence-electron chi connectivity index (χ2n) is 4.54. The first kappa shape index (κ1) is 12.4. The smallest absolute Gasteiger partial charge is 0.211 e. The van der Waals surface area contributed by atoms with Gasteiger partial charge in [-0.3, -0.25) is 0 Å². The second kappa shape index (κ2) is 5.51. The average molecular weight is 240 g/mol. The highest BCUT2D eigenvalue weighted by Crippen LogP contribution is 2.28. The Morgan fingerprint density at radius 2 is 2.29 bits per heavy atom. The lowest BCUT2D eigenvalue weighted by Gasteiger charge is -2.23. The van der Waals surface area contributed by atoms with Crippen molar-refractivity contribution < 1.29 is 14.6 Å². The van der Waals surface area contributed by atoms with Gasteiger partial charge in [0.25, 0.3) is 0 Å². The predicted molar refractivity (Wildman–Crippen MR) is 62.9 cm³/mol. The van der Waals surface area contributed by atoms with Gasteiger partial charge in [-0.2, -0.15) is 5.10 Å². The highest BCUT2D eigenvalue weighted by Gasteiger charge is 2.21. The van der Waals surface area contributed by atoms with Gasteiger partial charge in [-0.1, -0.05) is 0 Å². The van der Waals surface area contributed by atoms with E-state index >= 15 is 0 Å². The number of aryl methyl sites for hydroxylation is 1. The Morgan fingerprint density at radius 3 is 2.88 bits per heavy atom. The van der Waals surface area contributed by atoms with Gasteiger partial charge in [-0.25, -0.2) is 4.68 Å². The number of aliphatic hydroxyl groups excluding tert-OH is 1. The topological polar surface area (TPSA) is 56.5 Å². The zero-order chi connectivity index (χ0) is 12.3. The monoisotopic (exact) mass is 240 g/mol. The van der Waals surface area contributed by atoms with E-state index in [0.29, 0.717) is 17.5 Å². The van der Waals surface area contributed by atoms with E-state index in [1.54, 1.807) is 17.9 Å². The van der Waals surface area contributed by atoms with Gasteiger partial charge in [-0.15, -0.1) is 0 Å². The minimum absolute atomic E-state index is 0.506. The lowest BCUT2D eigenvalue weighted by atomic mass is 9.93. The molecule has 1 atom stereocenters. The number of hydrogen-bond donors (Lipinski definition) is 1. The number of nitrogens with zero attached hydrogens (tertiary/aromatic N) is 2. The molecule has 0 saturated carbocycles. The van der Waals surface area contributed by atoms with Crippen LogP contribution in [-0.2, 0) is 11.8 Å². The Kier molecular flexibility index (Phi) is 4.02. The highest BCUT2D eigenvalue weighted by molar-refractivity contribution is 5.17. The molecule has 0 amide bonds. The molecule has 1 unspecified atom stereocenters. The molecular formula is C12H20N2O3. The number of methoxy groups -OCH3 is 1. The fourth-order valence-corrected chi connectivity index (χ4v) is 2.24. The lowest BCUT2D eigenvalue weighted by Crippen LogP contribution is -2.18. The normalized spacial score (nSPS) is 19.2. The second-order valence-corrected chi connectivity index (χ2v) is 4.54. The van der Waals surface area contributed by atoms with Crippen molar-refractivity contribution in [2.45, 2.75) is 25.4 Å². The van der Waals surface area contributed by atoms with Crippen molar-refractivity contribution >= 4 is 0 Å². The third-order valence-corrected chi connectivity index (χ3v) is 3.30. The summed E-state index contributed by atoms with van der Waals surface area (Å²) in [6, 6.07) is 1.80.